The molecule has 0 radical (unpaired) electrons. The van der Waals surface area contributed by atoms with Crippen molar-refractivity contribution < 1.29 is 4.79 Å². The van der Waals surface area contributed by atoms with Crippen molar-refractivity contribution in [2.45, 2.75) is 19.5 Å². The van der Waals surface area contributed by atoms with Crippen molar-refractivity contribution in [3.63, 3.8) is 0 Å². The van der Waals surface area contributed by atoms with Gasteiger partial charge in [-0.2, -0.15) is 0 Å². The van der Waals surface area contributed by atoms with Crippen LogP contribution in [0.1, 0.15) is 34.1 Å². The highest BCUT2D eigenvalue weighted by molar-refractivity contribution is 7.09. The van der Waals surface area contributed by atoms with Gasteiger partial charge in [0.2, 0.25) is 0 Å². The maximum absolute atomic E-state index is 11.9. The van der Waals surface area contributed by atoms with E-state index in [1.54, 1.807) is 29.7 Å². The van der Waals surface area contributed by atoms with Crippen molar-refractivity contribution in [2.24, 2.45) is 0 Å². The molecule has 92 valence electrons. The number of hydrogen-bond donors (Lipinski definition) is 2. The smallest absolute Gasteiger partial charge is 0.256 e. The summed E-state index contributed by atoms with van der Waals surface area (Å²) in [5, 5.41) is 9.09. The van der Waals surface area contributed by atoms with Crippen molar-refractivity contribution in [1.82, 2.24) is 15.3 Å². The number of thiazole rings is 1. The monoisotopic (exact) mass is 260 g/mol. The topological polar surface area (TPSA) is 66.9 Å². The Bertz CT molecular complexity index is 595. The summed E-state index contributed by atoms with van der Waals surface area (Å²) in [5.41, 5.74) is 1.40. The highest BCUT2D eigenvalue weighted by Gasteiger charge is 2.26. The maximum atomic E-state index is 11.9. The van der Waals surface area contributed by atoms with Gasteiger partial charge in [-0.1, -0.05) is 6.92 Å². The van der Waals surface area contributed by atoms with E-state index in [1.807, 2.05) is 5.38 Å². The summed E-state index contributed by atoms with van der Waals surface area (Å²) in [6, 6.07) is 3.50. The van der Waals surface area contributed by atoms with Crippen molar-refractivity contribution >= 4 is 23.1 Å². The van der Waals surface area contributed by atoms with Crippen LogP contribution in [-0.2, 0) is 6.42 Å². The summed E-state index contributed by atoms with van der Waals surface area (Å²) in [6.07, 6.45) is 2.27. The molecular formula is C12H12N4OS. The Morgan fingerprint density at radius 1 is 1.44 bits per heavy atom. The number of carbonyl (C=O) groups excluding carboxylic acids is 1. The number of aromatic nitrogens is 2. The van der Waals surface area contributed by atoms with E-state index in [0.29, 0.717) is 11.4 Å². The van der Waals surface area contributed by atoms with E-state index in [9.17, 15) is 4.79 Å². The highest BCUT2D eigenvalue weighted by atomic mass is 32.1. The Balaban J connectivity index is 1.92. The molecule has 0 saturated carbocycles. The van der Waals surface area contributed by atoms with Crippen LogP contribution in [0.3, 0.4) is 0 Å². The molecule has 0 saturated heterocycles. The van der Waals surface area contributed by atoms with Crippen molar-refractivity contribution in [3.8, 4) is 0 Å². The Morgan fingerprint density at radius 3 is 3.11 bits per heavy atom. The lowest BCUT2D eigenvalue weighted by Crippen LogP contribution is -2.39. The minimum absolute atomic E-state index is 0.118. The molecule has 1 atom stereocenters. The van der Waals surface area contributed by atoms with Crippen molar-refractivity contribution in [1.29, 1.82) is 0 Å². The van der Waals surface area contributed by atoms with Gasteiger partial charge in [-0.05, 0) is 18.6 Å². The van der Waals surface area contributed by atoms with E-state index in [4.69, 9.17) is 0 Å². The molecule has 0 fully saturated rings. The predicted molar refractivity (Wildman–Crippen MR) is 69.6 cm³/mol. The lowest BCUT2D eigenvalue weighted by molar-refractivity contribution is 0.0934. The van der Waals surface area contributed by atoms with Crippen LogP contribution in [0.2, 0.25) is 0 Å². The van der Waals surface area contributed by atoms with Gasteiger partial charge < -0.3 is 10.6 Å². The van der Waals surface area contributed by atoms with E-state index in [0.717, 1.165) is 17.1 Å². The molecule has 3 heterocycles. The van der Waals surface area contributed by atoms with Gasteiger partial charge in [0.25, 0.3) is 5.91 Å². The summed E-state index contributed by atoms with van der Waals surface area (Å²) in [7, 11) is 0. The van der Waals surface area contributed by atoms with Gasteiger partial charge in [0, 0.05) is 11.6 Å². The number of aryl methyl sites for hydroxylation is 1. The second-order valence-corrected chi connectivity index (χ2v) is 4.91. The fraction of sp³-hybridized carbons (Fsp3) is 0.250. The summed E-state index contributed by atoms with van der Waals surface area (Å²) in [5.74, 6) is 0.491. The largest absolute Gasteiger partial charge is 0.344 e. The highest BCUT2D eigenvalue weighted by Crippen LogP contribution is 2.25. The zero-order valence-electron chi connectivity index (χ0n) is 9.80. The molecule has 2 N–H and O–H groups in total. The van der Waals surface area contributed by atoms with Crippen LogP contribution >= 0.6 is 11.3 Å². The lowest BCUT2D eigenvalue weighted by atomic mass is 10.2. The number of carbonyl (C=O) groups is 1. The summed E-state index contributed by atoms with van der Waals surface area (Å²) >= 11 is 1.60. The molecule has 3 rings (SSSR count). The number of amides is 1. The molecule has 0 bridgehead atoms. The van der Waals surface area contributed by atoms with E-state index < -0.39 is 0 Å². The zero-order valence-corrected chi connectivity index (χ0v) is 10.6. The number of nitrogens with zero attached hydrogens (tertiary/aromatic N) is 2. The average Bonchev–Trinajstić information content (AvgIpc) is 2.87. The van der Waals surface area contributed by atoms with Gasteiger partial charge in [-0.15, -0.1) is 11.3 Å². The van der Waals surface area contributed by atoms with Crippen molar-refractivity contribution in [3.05, 3.63) is 40.0 Å². The quantitative estimate of drug-likeness (QED) is 0.866. The Labute approximate surface area is 108 Å². The Kier molecular flexibility index (Phi) is 2.71. The third-order valence-corrected chi connectivity index (χ3v) is 3.79. The van der Waals surface area contributed by atoms with Crippen molar-refractivity contribution in [2.75, 3.05) is 5.32 Å². The van der Waals surface area contributed by atoms with Crippen LogP contribution in [0.5, 0.6) is 0 Å². The minimum atomic E-state index is -0.295. The van der Waals surface area contributed by atoms with Crippen LogP contribution in [-0.4, -0.2) is 15.9 Å². The first-order valence-corrected chi connectivity index (χ1v) is 6.62. The standard InChI is InChI=1S/C12H12N4OS/c1-2-9-14-8(6-18-9)11-15-10-7(12(17)16-11)4-3-5-13-10/h3-6,11H,2H2,1H3,(H,13,15)(H,16,17). The molecule has 0 spiro atoms. The molecule has 1 aliphatic heterocycles. The second-order valence-electron chi connectivity index (χ2n) is 3.97. The number of hydrogen-bond acceptors (Lipinski definition) is 5. The second kappa shape index (κ2) is 4.38. The minimum Gasteiger partial charge on any atom is -0.344 e. The lowest BCUT2D eigenvalue weighted by Gasteiger charge is -2.25. The molecule has 2 aromatic heterocycles. The molecular weight excluding hydrogens is 248 g/mol. The number of rotatable bonds is 2. The number of nitrogens with one attached hydrogen (secondary N) is 2. The molecule has 1 aliphatic rings. The van der Waals surface area contributed by atoms with Crippen LogP contribution in [0.25, 0.3) is 0 Å². The fourth-order valence-electron chi connectivity index (χ4n) is 1.85. The van der Waals surface area contributed by atoms with E-state index >= 15 is 0 Å². The first-order valence-electron chi connectivity index (χ1n) is 5.74. The van der Waals surface area contributed by atoms with Gasteiger partial charge in [0.15, 0.2) is 0 Å². The zero-order chi connectivity index (χ0) is 12.5. The van der Waals surface area contributed by atoms with Gasteiger partial charge in [0.1, 0.15) is 12.0 Å². The van der Waals surface area contributed by atoms with E-state index in [1.165, 1.54) is 0 Å². The number of pyridine rings is 1. The Hall–Kier alpha value is -1.95. The Morgan fingerprint density at radius 2 is 2.33 bits per heavy atom. The first-order chi connectivity index (χ1) is 8.78. The average molecular weight is 260 g/mol. The summed E-state index contributed by atoms with van der Waals surface area (Å²) in [4.78, 5) is 20.6. The third kappa shape index (κ3) is 1.84. The van der Waals surface area contributed by atoms with Gasteiger partial charge >= 0.3 is 0 Å². The molecule has 1 amide bonds. The van der Waals surface area contributed by atoms with Gasteiger partial charge in [0.05, 0.1) is 16.3 Å². The molecule has 18 heavy (non-hydrogen) atoms. The fourth-order valence-corrected chi connectivity index (χ4v) is 2.62. The summed E-state index contributed by atoms with van der Waals surface area (Å²) in [6.45, 7) is 2.06. The predicted octanol–water partition coefficient (Wildman–Crippen LogP) is 1.95. The number of anilines is 1. The molecule has 0 aromatic carbocycles. The van der Waals surface area contributed by atoms with Crippen LogP contribution in [0, 0.1) is 0 Å². The maximum Gasteiger partial charge on any atom is 0.256 e. The van der Waals surface area contributed by atoms with Crippen LogP contribution in [0.15, 0.2) is 23.7 Å². The summed E-state index contributed by atoms with van der Waals surface area (Å²) < 4.78 is 0. The number of fused-ring (bicyclic) bond motifs is 1. The van der Waals surface area contributed by atoms with Crippen LogP contribution in [0.4, 0.5) is 5.82 Å². The van der Waals surface area contributed by atoms with E-state index in [-0.39, 0.29) is 12.1 Å². The third-order valence-electron chi connectivity index (χ3n) is 2.78. The molecule has 0 aliphatic carbocycles. The van der Waals surface area contributed by atoms with E-state index in [2.05, 4.69) is 27.5 Å². The molecule has 2 aromatic rings. The first kappa shape index (κ1) is 11.2. The molecule has 6 heteroatoms. The van der Waals surface area contributed by atoms with Gasteiger partial charge in [-0.25, -0.2) is 9.97 Å². The normalized spacial score (nSPS) is 17.8. The molecule has 1 unspecified atom stereocenters. The molecule has 5 nitrogen and oxygen atoms in total. The van der Waals surface area contributed by atoms with Crippen LogP contribution < -0.4 is 10.6 Å². The SMILES string of the molecule is CCc1nc(C2NC(=O)c3cccnc3N2)cs1. The van der Waals surface area contributed by atoms with Gasteiger partial charge in [-0.3, -0.25) is 4.79 Å².